The molecule has 2 unspecified atom stereocenters. The summed E-state index contributed by atoms with van der Waals surface area (Å²) in [4.78, 5) is 49.4. The Morgan fingerprint density at radius 1 is 0.426 bits per heavy atom. The normalized spacial score (nSPS) is 32.9. The predicted octanol–water partition coefficient (Wildman–Crippen LogP) is 6.21. The summed E-state index contributed by atoms with van der Waals surface area (Å²) in [6.07, 6.45) is 4.09. The van der Waals surface area contributed by atoms with Crippen LogP contribution in [-0.4, -0.2) is 105 Å². The van der Waals surface area contributed by atoms with E-state index in [-0.39, 0.29) is 51.5 Å². The van der Waals surface area contributed by atoms with Crippen molar-refractivity contribution in [1.82, 2.24) is 14.7 Å². The van der Waals surface area contributed by atoms with E-state index >= 15 is 0 Å². The Hall–Kier alpha value is -1.71. The van der Waals surface area contributed by atoms with Crippen molar-refractivity contribution in [2.45, 2.75) is 186 Å². The van der Waals surface area contributed by atoms with Gasteiger partial charge in [-0.05, 0) is 117 Å². The van der Waals surface area contributed by atoms with Gasteiger partial charge in [-0.15, -0.1) is 0 Å². The predicted molar refractivity (Wildman–Crippen MR) is 185 cm³/mol. The van der Waals surface area contributed by atoms with Crippen molar-refractivity contribution in [2.24, 2.45) is 17.8 Å². The zero-order chi connectivity index (χ0) is 35.7. The molecule has 4 aliphatic rings. The maximum Gasteiger partial charge on any atom is 0.310 e. The van der Waals surface area contributed by atoms with Crippen molar-refractivity contribution in [2.75, 3.05) is 21.1 Å². The van der Waals surface area contributed by atoms with Crippen LogP contribution >= 0.6 is 0 Å². The summed E-state index contributed by atoms with van der Waals surface area (Å²) in [5.41, 5.74) is -0.985. The summed E-state index contributed by atoms with van der Waals surface area (Å²) >= 11 is 0. The highest BCUT2D eigenvalue weighted by molar-refractivity contribution is 5.88. The van der Waals surface area contributed by atoms with Gasteiger partial charge in [0, 0.05) is 71.8 Å². The molecule has 0 amide bonds. The Bertz CT molecular complexity index is 1090. The minimum absolute atomic E-state index is 0.156. The molecule has 9 heteroatoms. The monoisotopic (exact) mass is 662 g/mol. The van der Waals surface area contributed by atoms with E-state index in [1.807, 2.05) is 0 Å². The molecule has 0 aromatic heterocycles. The highest BCUT2D eigenvalue weighted by Gasteiger charge is 2.54. The molecule has 0 N–H and O–H groups in total. The molecule has 1 saturated carbocycles. The molecule has 0 radical (unpaired) electrons. The van der Waals surface area contributed by atoms with Gasteiger partial charge >= 0.3 is 17.9 Å². The van der Waals surface area contributed by atoms with Gasteiger partial charge in [0.15, 0.2) is 0 Å². The van der Waals surface area contributed by atoms with E-state index < -0.39 is 35.7 Å². The fourth-order valence-corrected chi connectivity index (χ4v) is 9.69. The van der Waals surface area contributed by atoms with Crippen molar-refractivity contribution < 1.29 is 28.6 Å². The third-order valence-corrected chi connectivity index (χ3v) is 13.2. The number of ether oxygens (including phenoxy) is 3. The molecule has 3 aliphatic heterocycles. The molecular formula is C38H67N3O6. The van der Waals surface area contributed by atoms with Crippen molar-refractivity contribution in [3.63, 3.8) is 0 Å². The van der Waals surface area contributed by atoms with Gasteiger partial charge < -0.3 is 14.2 Å². The zero-order valence-corrected chi connectivity index (χ0v) is 32.4. The topological polar surface area (TPSA) is 88.6 Å². The van der Waals surface area contributed by atoms with Crippen LogP contribution < -0.4 is 0 Å². The minimum atomic E-state index is -0.930. The lowest BCUT2D eigenvalue weighted by Gasteiger charge is -2.53. The lowest BCUT2D eigenvalue weighted by atomic mass is 9.78. The van der Waals surface area contributed by atoms with E-state index in [9.17, 15) is 14.4 Å². The van der Waals surface area contributed by atoms with Gasteiger partial charge in [-0.25, -0.2) is 0 Å². The summed E-state index contributed by atoms with van der Waals surface area (Å²) in [7, 11) is 6.36. The van der Waals surface area contributed by atoms with Gasteiger partial charge in [-0.3, -0.25) is 29.1 Å². The number of piperidine rings is 3. The van der Waals surface area contributed by atoms with Gasteiger partial charge in [0.25, 0.3) is 0 Å². The third kappa shape index (κ3) is 7.72. The average molecular weight is 662 g/mol. The van der Waals surface area contributed by atoms with Crippen LogP contribution in [0.4, 0.5) is 0 Å². The van der Waals surface area contributed by atoms with Crippen molar-refractivity contribution >= 4 is 17.9 Å². The molecule has 9 nitrogen and oxygen atoms in total. The molecule has 4 fully saturated rings. The summed E-state index contributed by atoms with van der Waals surface area (Å²) in [5.74, 6) is -3.68. The number of carbonyl (C=O) groups is 3. The smallest absolute Gasteiger partial charge is 0.310 e. The highest BCUT2D eigenvalue weighted by Crippen LogP contribution is 2.45. The van der Waals surface area contributed by atoms with Crippen LogP contribution in [-0.2, 0) is 28.6 Å². The van der Waals surface area contributed by atoms with Crippen LogP contribution in [0.25, 0.3) is 0 Å². The summed E-state index contributed by atoms with van der Waals surface area (Å²) < 4.78 is 18.8. The number of hydrogen-bond donors (Lipinski definition) is 0. The Balaban J connectivity index is 1.57. The number of esters is 3. The van der Waals surface area contributed by atoms with Gasteiger partial charge in [0.2, 0.25) is 0 Å². The maximum absolute atomic E-state index is 14.3. The Kier molecular flexibility index (Phi) is 10.2. The van der Waals surface area contributed by atoms with Crippen molar-refractivity contribution in [1.29, 1.82) is 0 Å². The average Bonchev–Trinajstić information content (AvgIpc) is 3.34. The van der Waals surface area contributed by atoms with E-state index in [4.69, 9.17) is 14.2 Å². The van der Waals surface area contributed by atoms with E-state index in [2.05, 4.69) is 119 Å². The first-order valence-corrected chi connectivity index (χ1v) is 18.0. The second-order valence-corrected chi connectivity index (χ2v) is 19.3. The fraction of sp³-hybridized carbons (Fsp3) is 0.921. The fourth-order valence-electron chi connectivity index (χ4n) is 9.69. The number of hydrogen-bond acceptors (Lipinski definition) is 9. The number of likely N-dealkylation sites (tertiary alicyclic amines) is 3. The second kappa shape index (κ2) is 12.6. The van der Waals surface area contributed by atoms with Gasteiger partial charge in [0.1, 0.15) is 18.3 Å². The molecule has 3 heterocycles. The quantitative estimate of drug-likeness (QED) is 0.244. The first kappa shape index (κ1) is 38.1. The minimum Gasteiger partial charge on any atom is -0.462 e. The van der Waals surface area contributed by atoms with E-state index in [1.165, 1.54) is 0 Å². The SMILES string of the molecule is CN1C(C)(C)CC(OC(=O)C2CCC(C(=O)OC3CC(C)(C)N(C)C(C)(C)C3)C2C(=O)OC2CC(C)(C)N(C)C(C)(C)C2)CC1(C)C. The molecule has 0 bridgehead atoms. The Morgan fingerprint density at radius 2 is 0.638 bits per heavy atom. The van der Waals surface area contributed by atoms with Gasteiger partial charge in [-0.2, -0.15) is 0 Å². The van der Waals surface area contributed by atoms with Gasteiger partial charge in [0.05, 0.1) is 17.8 Å². The van der Waals surface area contributed by atoms with Crippen LogP contribution in [0.2, 0.25) is 0 Å². The van der Waals surface area contributed by atoms with Crippen molar-refractivity contribution in [3.05, 3.63) is 0 Å². The van der Waals surface area contributed by atoms with Crippen LogP contribution in [0, 0.1) is 17.8 Å². The van der Waals surface area contributed by atoms with Crippen molar-refractivity contribution in [3.8, 4) is 0 Å². The highest BCUT2D eigenvalue weighted by atomic mass is 16.6. The first-order chi connectivity index (χ1) is 21.2. The van der Waals surface area contributed by atoms with Gasteiger partial charge in [-0.1, -0.05) is 0 Å². The number of rotatable bonds is 6. The largest absolute Gasteiger partial charge is 0.462 e. The molecule has 0 aromatic rings. The van der Waals surface area contributed by atoms with E-state index in [1.54, 1.807) is 0 Å². The molecule has 2 atom stereocenters. The summed E-state index contributed by atoms with van der Waals surface area (Å²) in [6.45, 7) is 26.1. The van der Waals surface area contributed by atoms with Crippen LogP contribution in [0.15, 0.2) is 0 Å². The van der Waals surface area contributed by atoms with Crippen LogP contribution in [0.1, 0.15) is 134 Å². The molecule has 4 rings (SSSR count). The van der Waals surface area contributed by atoms with Crippen LogP contribution in [0.5, 0.6) is 0 Å². The molecule has 3 saturated heterocycles. The summed E-state index contributed by atoms with van der Waals surface area (Å²) in [5, 5.41) is 0. The first-order valence-electron chi connectivity index (χ1n) is 18.0. The lowest BCUT2D eigenvalue weighted by molar-refractivity contribution is -0.180. The molecule has 1 aliphatic carbocycles. The third-order valence-electron chi connectivity index (χ3n) is 13.2. The zero-order valence-electron chi connectivity index (χ0n) is 32.4. The number of carbonyl (C=O) groups excluding carboxylic acids is 3. The lowest BCUT2D eigenvalue weighted by Crippen LogP contribution is -2.61. The molecule has 0 aromatic carbocycles. The van der Waals surface area contributed by atoms with E-state index in [0.717, 1.165) is 0 Å². The second-order valence-electron chi connectivity index (χ2n) is 19.3. The Labute approximate surface area is 285 Å². The number of nitrogens with zero attached hydrogens (tertiary/aromatic N) is 3. The molecule has 0 spiro atoms. The molecule has 270 valence electrons. The summed E-state index contributed by atoms with van der Waals surface area (Å²) in [6, 6.07) is 0. The van der Waals surface area contributed by atoms with Crippen LogP contribution in [0.3, 0.4) is 0 Å². The maximum atomic E-state index is 14.3. The van der Waals surface area contributed by atoms with E-state index in [0.29, 0.717) is 51.4 Å². The molecule has 47 heavy (non-hydrogen) atoms. The Morgan fingerprint density at radius 3 is 0.872 bits per heavy atom. The molecular weight excluding hydrogens is 594 g/mol. The standard InChI is InChI=1S/C38H67N3O6/c1-33(2)18-24(19-34(3,4)39(33)13)45-30(42)27-16-17-28(31(43)46-25-20-35(5,6)40(14)36(7,8)21-25)29(27)32(44)47-26-22-37(9,10)41(15)38(11,12)23-26/h24-29H,16-23H2,1-15H3.